The molecule has 2 heterocycles. The summed E-state index contributed by atoms with van der Waals surface area (Å²) in [5.41, 5.74) is -3.19. The van der Waals surface area contributed by atoms with Gasteiger partial charge in [-0.25, -0.2) is 9.59 Å². The molecule has 0 amide bonds. The number of aromatic hydroxyl groups is 6. The molecule has 9 N–H and O–H groups in total. The first-order valence-electron chi connectivity index (χ1n) is 9.57. The van der Waals surface area contributed by atoms with Crippen LogP contribution in [0.3, 0.4) is 0 Å². The predicted octanol–water partition coefficient (Wildman–Crippen LogP) is -1.28. The average Bonchev–Trinajstić information content (AvgIpc) is 2.79. The van der Waals surface area contributed by atoms with Crippen LogP contribution in [0.4, 0.5) is 0 Å². The van der Waals surface area contributed by atoms with Crippen molar-refractivity contribution in [3.8, 4) is 45.6 Å². The van der Waals surface area contributed by atoms with Crippen LogP contribution in [0, 0.1) is 0 Å². The van der Waals surface area contributed by atoms with Gasteiger partial charge in [0.05, 0.1) is 11.1 Å². The van der Waals surface area contributed by atoms with Crippen molar-refractivity contribution in [3.63, 3.8) is 0 Å². The van der Waals surface area contributed by atoms with E-state index in [1.807, 2.05) is 0 Å². The van der Waals surface area contributed by atoms with E-state index < -0.39 is 106 Å². The lowest BCUT2D eigenvalue weighted by molar-refractivity contribution is -0.285. The van der Waals surface area contributed by atoms with Crippen molar-refractivity contribution in [2.45, 2.75) is 30.7 Å². The van der Waals surface area contributed by atoms with E-state index in [0.717, 1.165) is 0 Å². The molecule has 1 saturated heterocycles. The van der Waals surface area contributed by atoms with E-state index in [4.69, 9.17) is 14.2 Å². The number of phenols is 6. The minimum absolute atomic E-state index is 0.572. The zero-order valence-electron chi connectivity index (χ0n) is 16.8. The van der Waals surface area contributed by atoms with Crippen LogP contribution in [-0.2, 0) is 14.2 Å². The van der Waals surface area contributed by atoms with Crippen molar-refractivity contribution in [2.75, 3.05) is 6.61 Å². The van der Waals surface area contributed by atoms with E-state index in [0.29, 0.717) is 12.1 Å². The second kappa shape index (κ2) is 8.11. The number of fused-ring (bicyclic) bond motifs is 5. The number of phenolic OH excluding ortho intramolecular Hbond substituents is 6. The molecule has 2 aliphatic rings. The van der Waals surface area contributed by atoms with Gasteiger partial charge in [-0.15, -0.1) is 0 Å². The Hall–Kier alpha value is -3.98. The van der Waals surface area contributed by atoms with E-state index in [9.17, 15) is 55.5 Å². The molecule has 14 nitrogen and oxygen atoms in total. The van der Waals surface area contributed by atoms with Crippen LogP contribution < -0.4 is 0 Å². The van der Waals surface area contributed by atoms with Crippen molar-refractivity contribution >= 4 is 11.9 Å². The molecule has 0 unspecified atom stereocenters. The molecule has 0 saturated carbocycles. The van der Waals surface area contributed by atoms with Gasteiger partial charge >= 0.3 is 11.9 Å². The van der Waals surface area contributed by atoms with Crippen LogP contribution >= 0.6 is 0 Å². The number of carbonyl (C=O) groups excluding carboxylic acids is 2. The topological polar surface area (TPSA) is 244 Å². The third kappa shape index (κ3) is 3.45. The summed E-state index contributed by atoms with van der Waals surface area (Å²) >= 11 is 0. The minimum Gasteiger partial charge on any atom is -0.504 e. The van der Waals surface area contributed by atoms with Crippen molar-refractivity contribution in [1.29, 1.82) is 0 Å². The lowest BCUT2D eigenvalue weighted by Crippen LogP contribution is -2.60. The summed E-state index contributed by atoms with van der Waals surface area (Å²) in [6.45, 7) is -0.778. The highest BCUT2D eigenvalue weighted by Crippen LogP contribution is 2.52. The highest BCUT2D eigenvalue weighted by atomic mass is 16.7. The molecule has 1 fully saturated rings. The lowest BCUT2D eigenvalue weighted by atomic mass is 9.91. The van der Waals surface area contributed by atoms with Crippen molar-refractivity contribution in [2.24, 2.45) is 0 Å². The molecule has 182 valence electrons. The number of ether oxygens (including phenoxy) is 3. The van der Waals surface area contributed by atoms with Crippen LogP contribution in [0.15, 0.2) is 12.1 Å². The zero-order chi connectivity index (χ0) is 25.1. The first-order valence-corrected chi connectivity index (χ1v) is 9.57. The van der Waals surface area contributed by atoms with Crippen molar-refractivity contribution < 1.29 is 69.8 Å². The number of benzene rings is 2. The molecular formula is C20H18O14. The fourth-order valence-electron chi connectivity index (χ4n) is 3.73. The second-order valence-corrected chi connectivity index (χ2v) is 7.55. The number of cyclic esters (lactones) is 1. The first kappa shape index (κ1) is 23.2. The summed E-state index contributed by atoms with van der Waals surface area (Å²) in [5, 5.41) is 91.4. The third-order valence-corrected chi connectivity index (χ3v) is 5.48. The van der Waals surface area contributed by atoms with Crippen LogP contribution in [0.1, 0.15) is 20.7 Å². The molecule has 2 bridgehead atoms. The minimum atomic E-state index is -1.98. The Kier molecular flexibility index (Phi) is 5.53. The Labute approximate surface area is 188 Å². The summed E-state index contributed by atoms with van der Waals surface area (Å²) in [7, 11) is 0. The number of aliphatic hydroxyl groups excluding tert-OH is 3. The van der Waals surface area contributed by atoms with E-state index in [1.165, 1.54) is 0 Å². The highest BCUT2D eigenvalue weighted by Gasteiger charge is 2.47. The Bertz CT molecular complexity index is 1190. The molecule has 2 aliphatic heterocycles. The first-order chi connectivity index (χ1) is 15.9. The number of rotatable bonds is 0. The number of hydrogen-bond acceptors (Lipinski definition) is 14. The van der Waals surface area contributed by atoms with Gasteiger partial charge in [-0.3, -0.25) is 0 Å². The van der Waals surface area contributed by atoms with Crippen LogP contribution in [0.5, 0.6) is 34.5 Å². The van der Waals surface area contributed by atoms with Gasteiger partial charge < -0.3 is 60.2 Å². The second-order valence-electron chi connectivity index (χ2n) is 7.55. The van der Waals surface area contributed by atoms with Gasteiger partial charge in [0.25, 0.3) is 0 Å². The number of aliphatic hydroxyl groups is 3. The fourth-order valence-corrected chi connectivity index (χ4v) is 3.73. The normalized spacial score (nSPS) is 26.9. The zero-order valence-corrected chi connectivity index (χ0v) is 16.8. The van der Waals surface area contributed by atoms with Crippen LogP contribution in [-0.4, -0.2) is 95.2 Å². The average molecular weight is 482 g/mol. The van der Waals surface area contributed by atoms with E-state index in [-0.39, 0.29) is 0 Å². The fraction of sp³-hybridized carbons (Fsp3) is 0.300. The van der Waals surface area contributed by atoms with Crippen LogP contribution in [0.25, 0.3) is 11.1 Å². The standard InChI is InChI=1S/C20H18O14/c21-6-1-4-9(14(26)11(6)23)10-5(2-7(22)12(24)15(10)27)19(30)34-17-13(25)8(3-32-18(4)29)33-20(31)16(17)28/h1-2,8,13,16-17,20-28,31H,3H2/t8-,13-,16-,17+,20-/m1/s1. The molecule has 14 heteroatoms. The maximum atomic E-state index is 13.0. The number of esters is 2. The molecule has 5 atom stereocenters. The van der Waals surface area contributed by atoms with Gasteiger partial charge in [0.1, 0.15) is 24.9 Å². The van der Waals surface area contributed by atoms with Gasteiger partial charge in [0.15, 0.2) is 35.4 Å². The molecule has 2 aromatic carbocycles. The maximum Gasteiger partial charge on any atom is 0.339 e. The van der Waals surface area contributed by atoms with Gasteiger partial charge in [-0.1, -0.05) is 0 Å². The summed E-state index contributed by atoms with van der Waals surface area (Å²) in [4.78, 5) is 25.8. The van der Waals surface area contributed by atoms with E-state index >= 15 is 0 Å². The SMILES string of the molecule is O=C1OC[C@H]2O[C@@H](O)[C@H](O)[C@@H](OC(=O)c3cc(O)c(O)c(O)c3-c3c1cc(O)c(O)c3O)[C@@H]2O. The smallest absolute Gasteiger partial charge is 0.339 e. The summed E-state index contributed by atoms with van der Waals surface area (Å²) in [6.07, 6.45) is -9.15. The van der Waals surface area contributed by atoms with Crippen molar-refractivity contribution in [1.82, 2.24) is 0 Å². The Morgan fingerprint density at radius 2 is 1.21 bits per heavy atom. The van der Waals surface area contributed by atoms with E-state index in [1.54, 1.807) is 0 Å². The monoisotopic (exact) mass is 482 g/mol. The molecule has 0 aliphatic carbocycles. The van der Waals surface area contributed by atoms with Crippen LogP contribution in [0.2, 0.25) is 0 Å². The van der Waals surface area contributed by atoms with Gasteiger partial charge in [0, 0.05) is 11.1 Å². The number of carbonyl (C=O) groups is 2. The molecule has 0 aromatic heterocycles. The quantitative estimate of drug-likeness (QED) is 0.157. The predicted molar refractivity (Wildman–Crippen MR) is 104 cm³/mol. The van der Waals surface area contributed by atoms with E-state index in [2.05, 4.69) is 0 Å². The Morgan fingerprint density at radius 3 is 1.74 bits per heavy atom. The van der Waals surface area contributed by atoms with Crippen molar-refractivity contribution in [3.05, 3.63) is 23.3 Å². The summed E-state index contributed by atoms with van der Waals surface area (Å²) in [5.74, 6) is -9.67. The van der Waals surface area contributed by atoms with Gasteiger partial charge in [0.2, 0.25) is 11.5 Å². The molecule has 0 radical (unpaired) electrons. The van der Waals surface area contributed by atoms with Gasteiger partial charge in [-0.2, -0.15) is 0 Å². The highest BCUT2D eigenvalue weighted by molar-refractivity contribution is 6.08. The molecular weight excluding hydrogens is 464 g/mol. The lowest BCUT2D eigenvalue weighted by Gasteiger charge is -2.40. The Balaban J connectivity index is 2.04. The largest absolute Gasteiger partial charge is 0.504 e. The molecule has 4 rings (SSSR count). The maximum absolute atomic E-state index is 13.0. The summed E-state index contributed by atoms with van der Waals surface area (Å²) < 4.78 is 15.1. The Morgan fingerprint density at radius 1 is 0.706 bits per heavy atom. The third-order valence-electron chi connectivity index (χ3n) is 5.48. The van der Waals surface area contributed by atoms with Gasteiger partial charge in [-0.05, 0) is 12.1 Å². The molecule has 34 heavy (non-hydrogen) atoms. The molecule has 0 spiro atoms. The molecule has 2 aromatic rings. The summed E-state index contributed by atoms with van der Waals surface area (Å²) in [6, 6.07) is 1.19. The number of hydrogen-bond donors (Lipinski definition) is 9.